The van der Waals surface area contributed by atoms with Gasteiger partial charge in [-0.25, -0.2) is 9.18 Å². The van der Waals surface area contributed by atoms with Crippen molar-refractivity contribution in [1.29, 1.82) is 0 Å². The Morgan fingerprint density at radius 2 is 1.77 bits per heavy atom. The molecule has 0 saturated heterocycles. The van der Waals surface area contributed by atoms with Gasteiger partial charge in [0.05, 0.1) is 6.61 Å². The first kappa shape index (κ1) is 19.1. The van der Waals surface area contributed by atoms with Crippen molar-refractivity contribution in [3.63, 3.8) is 0 Å². The van der Waals surface area contributed by atoms with E-state index in [1.807, 2.05) is 0 Å². The van der Waals surface area contributed by atoms with Crippen molar-refractivity contribution >= 4 is 29.5 Å². The summed E-state index contributed by atoms with van der Waals surface area (Å²) in [7, 11) is 1.51. The number of carbonyl (C=O) groups is 2. The van der Waals surface area contributed by atoms with Crippen molar-refractivity contribution in [2.75, 3.05) is 31.0 Å². The zero-order chi connectivity index (χ0) is 18.8. The monoisotopic (exact) mass is 358 g/mol. The van der Waals surface area contributed by atoms with Crippen molar-refractivity contribution in [1.82, 2.24) is 0 Å². The van der Waals surface area contributed by atoms with E-state index in [0.717, 1.165) is 0 Å². The second-order valence-electron chi connectivity index (χ2n) is 5.18. The van der Waals surface area contributed by atoms with Crippen LogP contribution < -0.4 is 10.6 Å². The number of hydrogen-bond donors (Lipinski definition) is 2. The van der Waals surface area contributed by atoms with Crippen LogP contribution in [-0.2, 0) is 14.3 Å². The van der Waals surface area contributed by atoms with Gasteiger partial charge in [-0.15, -0.1) is 0 Å². The molecule has 0 unspecified atom stereocenters. The Morgan fingerprint density at radius 1 is 1.04 bits per heavy atom. The maximum Gasteiger partial charge on any atom is 0.411 e. The molecule has 6 nitrogen and oxygen atoms in total. The Morgan fingerprint density at radius 3 is 2.50 bits per heavy atom. The quantitative estimate of drug-likeness (QED) is 0.585. The first-order valence-electron chi connectivity index (χ1n) is 7.85. The fourth-order valence-electron chi connectivity index (χ4n) is 2.01. The molecule has 0 radical (unpaired) electrons. The summed E-state index contributed by atoms with van der Waals surface area (Å²) in [6.45, 7) is 0.442. The van der Waals surface area contributed by atoms with Crippen molar-refractivity contribution in [3.8, 4) is 0 Å². The van der Waals surface area contributed by atoms with Crippen molar-refractivity contribution in [2.24, 2.45) is 0 Å². The number of hydrogen-bond acceptors (Lipinski definition) is 4. The van der Waals surface area contributed by atoms with Crippen molar-refractivity contribution in [3.05, 3.63) is 66.0 Å². The van der Waals surface area contributed by atoms with Crippen LogP contribution in [-0.4, -0.2) is 32.3 Å². The summed E-state index contributed by atoms with van der Waals surface area (Å²) in [4.78, 5) is 23.5. The Labute approximate surface area is 150 Å². The molecule has 0 aliphatic rings. The third-order valence-corrected chi connectivity index (χ3v) is 3.22. The van der Waals surface area contributed by atoms with Crippen LogP contribution >= 0.6 is 0 Å². The van der Waals surface area contributed by atoms with E-state index in [9.17, 15) is 14.0 Å². The molecular weight excluding hydrogens is 339 g/mol. The van der Waals surface area contributed by atoms with E-state index in [0.29, 0.717) is 23.5 Å². The lowest BCUT2D eigenvalue weighted by atomic mass is 10.2. The van der Waals surface area contributed by atoms with Gasteiger partial charge < -0.3 is 14.8 Å². The van der Waals surface area contributed by atoms with Gasteiger partial charge in [0.15, 0.2) is 0 Å². The van der Waals surface area contributed by atoms with Gasteiger partial charge >= 0.3 is 6.09 Å². The normalized spacial score (nSPS) is 10.5. The standard InChI is InChI=1S/C19H19FN2O4/c1-25-11-12-26-19(24)22-16-7-4-6-15(13-16)21-18(23)10-9-14-5-2-3-8-17(14)20/h2-10,13H,11-12H2,1H3,(H,21,23)(H,22,24)/b10-9+. The maximum atomic E-state index is 13.5. The highest BCUT2D eigenvalue weighted by atomic mass is 19.1. The Kier molecular flexibility index (Phi) is 7.32. The van der Waals surface area contributed by atoms with Gasteiger partial charge in [-0.1, -0.05) is 24.3 Å². The lowest BCUT2D eigenvalue weighted by Crippen LogP contribution is -2.16. The molecule has 2 rings (SSSR count). The average molecular weight is 358 g/mol. The fourth-order valence-corrected chi connectivity index (χ4v) is 2.01. The third kappa shape index (κ3) is 6.37. The van der Waals surface area contributed by atoms with Crippen LogP contribution in [0.3, 0.4) is 0 Å². The lowest BCUT2D eigenvalue weighted by Gasteiger charge is -2.08. The molecule has 0 aliphatic heterocycles. The highest BCUT2D eigenvalue weighted by molar-refractivity contribution is 6.02. The summed E-state index contributed by atoms with van der Waals surface area (Å²) >= 11 is 0. The van der Waals surface area contributed by atoms with Crippen molar-refractivity contribution in [2.45, 2.75) is 0 Å². The minimum atomic E-state index is -0.620. The number of amides is 2. The Bertz CT molecular complexity index is 793. The van der Waals surface area contributed by atoms with E-state index < -0.39 is 17.8 Å². The summed E-state index contributed by atoms with van der Waals surface area (Å²) in [6.07, 6.45) is 2.00. The summed E-state index contributed by atoms with van der Waals surface area (Å²) in [5, 5.41) is 5.18. The number of methoxy groups -OCH3 is 1. The van der Waals surface area contributed by atoms with E-state index in [2.05, 4.69) is 10.6 Å². The van der Waals surface area contributed by atoms with Crippen LogP contribution in [0.1, 0.15) is 5.56 Å². The smallest absolute Gasteiger partial charge is 0.411 e. The number of rotatable bonds is 7. The van der Waals surface area contributed by atoms with Gasteiger partial charge in [-0.2, -0.15) is 0 Å². The minimum Gasteiger partial charge on any atom is -0.447 e. The van der Waals surface area contributed by atoms with Crippen LogP contribution in [0.5, 0.6) is 0 Å². The topological polar surface area (TPSA) is 76.7 Å². The molecule has 0 saturated carbocycles. The molecule has 0 fully saturated rings. The zero-order valence-electron chi connectivity index (χ0n) is 14.2. The van der Waals surface area contributed by atoms with E-state index >= 15 is 0 Å². The SMILES string of the molecule is COCCOC(=O)Nc1cccc(NC(=O)/C=C/c2ccccc2F)c1. The molecule has 0 bridgehead atoms. The van der Waals surface area contributed by atoms with E-state index in [4.69, 9.17) is 9.47 Å². The minimum absolute atomic E-state index is 0.138. The number of halogens is 1. The predicted molar refractivity (Wildman–Crippen MR) is 97.4 cm³/mol. The summed E-state index contributed by atoms with van der Waals surface area (Å²) in [5.41, 5.74) is 1.25. The molecule has 0 aromatic heterocycles. The Hall–Kier alpha value is -3.19. The first-order chi connectivity index (χ1) is 12.6. The van der Waals surface area contributed by atoms with Gasteiger partial charge in [0.1, 0.15) is 12.4 Å². The van der Waals surface area contributed by atoms with Crippen LogP contribution in [0.25, 0.3) is 6.08 Å². The highest BCUT2D eigenvalue weighted by Crippen LogP contribution is 2.16. The average Bonchev–Trinajstić information content (AvgIpc) is 2.61. The van der Waals surface area contributed by atoms with Crippen LogP contribution in [0, 0.1) is 5.82 Å². The number of ether oxygens (including phenoxy) is 2. The highest BCUT2D eigenvalue weighted by Gasteiger charge is 2.05. The molecule has 2 aromatic rings. The van der Waals surface area contributed by atoms with Crippen LogP contribution in [0.15, 0.2) is 54.6 Å². The van der Waals surface area contributed by atoms with Gasteiger partial charge in [0.2, 0.25) is 5.91 Å². The fraction of sp³-hybridized carbons (Fsp3) is 0.158. The van der Waals surface area contributed by atoms with Crippen LogP contribution in [0.2, 0.25) is 0 Å². The van der Waals surface area contributed by atoms with E-state index in [1.165, 1.54) is 25.3 Å². The molecule has 7 heteroatoms. The van der Waals surface area contributed by atoms with Gasteiger partial charge in [-0.3, -0.25) is 10.1 Å². The van der Waals surface area contributed by atoms with E-state index in [-0.39, 0.29) is 6.61 Å². The first-order valence-corrected chi connectivity index (χ1v) is 7.85. The molecular formula is C19H19FN2O4. The molecule has 0 heterocycles. The van der Waals surface area contributed by atoms with Crippen molar-refractivity contribution < 1.29 is 23.5 Å². The zero-order valence-corrected chi connectivity index (χ0v) is 14.2. The molecule has 2 aromatic carbocycles. The summed E-state index contributed by atoms with van der Waals surface area (Å²) in [5.74, 6) is -0.831. The molecule has 0 atom stereocenters. The lowest BCUT2D eigenvalue weighted by molar-refractivity contribution is -0.111. The number of nitrogens with one attached hydrogen (secondary N) is 2. The Balaban J connectivity index is 1.92. The maximum absolute atomic E-state index is 13.5. The number of benzene rings is 2. The summed E-state index contributed by atoms with van der Waals surface area (Å²) < 4.78 is 23.2. The molecule has 0 aliphatic carbocycles. The second kappa shape index (κ2) is 9.95. The molecule has 2 amide bonds. The largest absolute Gasteiger partial charge is 0.447 e. The molecule has 0 spiro atoms. The van der Waals surface area contributed by atoms with Gasteiger partial charge in [0, 0.05) is 30.1 Å². The third-order valence-electron chi connectivity index (χ3n) is 3.22. The van der Waals surface area contributed by atoms with Gasteiger partial charge in [0.25, 0.3) is 0 Å². The van der Waals surface area contributed by atoms with Gasteiger partial charge in [-0.05, 0) is 30.3 Å². The number of carbonyl (C=O) groups excluding carboxylic acids is 2. The predicted octanol–water partition coefficient (Wildman–Crippen LogP) is 3.67. The second-order valence-corrected chi connectivity index (χ2v) is 5.18. The molecule has 26 heavy (non-hydrogen) atoms. The van der Waals surface area contributed by atoms with E-state index in [1.54, 1.807) is 42.5 Å². The molecule has 2 N–H and O–H groups in total. The van der Waals surface area contributed by atoms with Crippen LogP contribution in [0.4, 0.5) is 20.6 Å². The number of anilines is 2. The molecule has 136 valence electrons. The summed E-state index contributed by atoms with van der Waals surface area (Å²) in [6, 6.07) is 12.7.